The second-order valence-electron chi connectivity index (χ2n) is 4.53. The molecule has 1 aromatic carbocycles. The summed E-state index contributed by atoms with van der Waals surface area (Å²) >= 11 is 0. The molecule has 1 aromatic heterocycles. The van der Waals surface area contributed by atoms with Gasteiger partial charge in [-0.15, -0.1) is 0 Å². The quantitative estimate of drug-likeness (QED) is 0.795. The molecule has 1 amide bonds. The zero-order chi connectivity index (χ0) is 14.8. The lowest BCUT2D eigenvalue weighted by Gasteiger charge is -2.07. The fourth-order valence-electron chi connectivity index (χ4n) is 1.97. The molecule has 0 aliphatic carbocycles. The van der Waals surface area contributed by atoms with Crippen LogP contribution in [0.4, 0.5) is 5.69 Å². The number of rotatable bonds is 4. The number of benzene rings is 1. The molecule has 0 spiro atoms. The van der Waals surface area contributed by atoms with Crippen molar-refractivity contribution >= 4 is 11.6 Å². The Morgan fingerprint density at radius 3 is 2.86 bits per heavy atom. The van der Waals surface area contributed by atoms with Crippen molar-refractivity contribution in [3.05, 3.63) is 29.4 Å². The number of ether oxygens (including phenoxy) is 2. The highest BCUT2D eigenvalue weighted by atomic mass is 16.7. The lowest BCUT2D eigenvalue weighted by atomic mass is 10.1. The van der Waals surface area contributed by atoms with Crippen LogP contribution < -0.4 is 20.5 Å². The molecule has 3 N–H and O–H groups in total. The maximum atomic E-state index is 12.1. The van der Waals surface area contributed by atoms with Gasteiger partial charge in [0.25, 0.3) is 5.91 Å². The van der Waals surface area contributed by atoms with E-state index < -0.39 is 0 Å². The number of fused-ring (bicyclic) bond motifs is 1. The fourth-order valence-corrected chi connectivity index (χ4v) is 1.97. The third-order valence-electron chi connectivity index (χ3n) is 2.98. The molecule has 2 heterocycles. The largest absolute Gasteiger partial charge is 0.454 e. The molecule has 110 valence electrons. The summed E-state index contributed by atoms with van der Waals surface area (Å²) in [5.41, 5.74) is 6.53. The van der Waals surface area contributed by atoms with Crippen LogP contribution >= 0.6 is 0 Å². The third-order valence-corrected chi connectivity index (χ3v) is 2.98. The number of carbonyl (C=O) groups excluding carboxylic acids is 1. The smallest absolute Gasteiger partial charge is 0.253 e. The lowest BCUT2D eigenvalue weighted by Crippen LogP contribution is -2.26. The Morgan fingerprint density at radius 2 is 2.14 bits per heavy atom. The molecule has 0 fully saturated rings. The van der Waals surface area contributed by atoms with Crippen LogP contribution in [0.25, 0.3) is 0 Å². The van der Waals surface area contributed by atoms with Gasteiger partial charge in [0.15, 0.2) is 17.3 Å². The minimum Gasteiger partial charge on any atom is -0.454 e. The van der Waals surface area contributed by atoms with Crippen LogP contribution in [0.2, 0.25) is 0 Å². The van der Waals surface area contributed by atoms with Gasteiger partial charge < -0.3 is 25.0 Å². The van der Waals surface area contributed by atoms with Crippen molar-refractivity contribution in [1.29, 1.82) is 0 Å². The first kappa shape index (κ1) is 13.2. The van der Waals surface area contributed by atoms with Gasteiger partial charge in [0.2, 0.25) is 12.7 Å². The summed E-state index contributed by atoms with van der Waals surface area (Å²) in [5.74, 6) is 1.82. The van der Waals surface area contributed by atoms with E-state index in [4.69, 9.17) is 19.7 Å². The molecule has 0 radical (unpaired) electrons. The SMILES string of the molecule is Cc1noc(CCNC(=O)c2cc3c(cc2N)OCO3)n1. The predicted octanol–water partition coefficient (Wildman–Crippen LogP) is 0.661. The summed E-state index contributed by atoms with van der Waals surface area (Å²) in [4.78, 5) is 16.2. The van der Waals surface area contributed by atoms with E-state index in [0.717, 1.165) is 0 Å². The van der Waals surface area contributed by atoms with Crippen LogP contribution in [0.1, 0.15) is 22.1 Å². The Labute approximate surface area is 120 Å². The maximum absolute atomic E-state index is 12.1. The van der Waals surface area contributed by atoms with Crippen LogP contribution in [0.5, 0.6) is 11.5 Å². The number of amides is 1. The molecule has 8 heteroatoms. The minimum absolute atomic E-state index is 0.135. The van der Waals surface area contributed by atoms with Crippen LogP contribution in [-0.4, -0.2) is 29.4 Å². The first-order valence-corrected chi connectivity index (χ1v) is 6.40. The van der Waals surface area contributed by atoms with Crippen molar-refractivity contribution < 1.29 is 18.8 Å². The second-order valence-corrected chi connectivity index (χ2v) is 4.53. The van der Waals surface area contributed by atoms with Gasteiger partial charge in [-0.25, -0.2) is 0 Å². The minimum atomic E-state index is -0.290. The molecular weight excluding hydrogens is 276 g/mol. The van der Waals surface area contributed by atoms with E-state index in [-0.39, 0.29) is 12.7 Å². The number of nitrogen functional groups attached to an aromatic ring is 1. The van der Waals surface area contributed by atoms with Crippen molar-refractivity contribution in [3.8, 4) is 11.5 Å². The monoisotopic (exact) mass is 290 g/mol. The summed E-state index contributed by atoms with van der Waals surface area (Å²) in [6, 6.07) is 3.16. The number of aromatic nitrogens is 2. The van der Waals surface area contributed by atoms with E-state index in [0.29, 0.717) is 47.4 Å². The number of anilines is 1. The number of hydrogen-bond acceptors (Lipinski definition) is 7. The molecule has 0 saturated carbocycles. The van der Waals surface area contributed by atoms with Crippen LogP contribution in [0.3, 0.4) is 0 Å². The molecule has 1 aliphatic rings. The zero-order valence-corrected chi connectivity index (χ0v) is 11.4. The molecule has 2 aromatic rings. The van der Waals surface area contributed by atoms with E-state index in [1.807, 2.05) is 0 Å². The molecule has 0 unspecified atom stereocenters. The van der Waals surface area contributed by atoms with Gasteiger partial charge in [0.1, 0.15) is 0 Å². The number of aryl methyl sites for hydroxylation is 1. The molecular formula is C13H14N4O4. The van der Waals surface area contributed by atoms with Crippen LogP contribution in [0, 0.1) is 6.92 Å². The standard InChI is InChI=1S/C13H14N4O4/c1-7-16-12(21-17-7)2-3-15-13(18)8-4-10-11(5-9(8)14)20-6-19-10/h4-5H,2-3,6,14H2,1H3,(H,15,18). The Morgan fingerprint density at radius 1 is 1.38 bits per heavy atom. The molecule has 0 saturated heterocycles. The lowest BCUT2D eigenvalue weighted by molar-refractivity contribution is 0.0954. The van der Waals surface area contributed by atoms with E-state index in [9.17, 15) is 4.79 Å². The summed E-state index contributed by atoms with van der Waals surface area (Å²) in [6.45, 7) is 2.24. The first-order valence-electron chi connectivity index (χ1n) is 6.40. The molecule has 21 heavy (non-hydrogen) atoms. The number of nitrogens with two attached hydrogens (primary N) is 1. The average molecular weight is 290 g/mol. The number of hydrogen-bond donors (Lipinski definition) is 2. The summed E-state index contributed by atoms with van der Waals surface area (Å²) < 4.78 is 15.4. The highest BCUT2D eigenvalue weighted by molar-refractivity contribution is 6.00. The van der Waals surface area contributed by atoms with Gasteiger partial charge in [-0.1, -0.05) is 5.16 Å². The molecule has 1 aliphatic heterocycles. The van der Waals surface area contributed by atoms with Gasteiger partial charge in [-0.2, -0.15) is 4.98 Å². The van der Waals surface area contributed by atoms with Gasteiger partial charge >= 0.3 is 0 Å². The highest BCUT2D eigenvalue weighted by Gasteiger charge is 2.19. The van der Waals surface area contributed by atoms with Crippen LogP contribution in [0.15, 0.2) is 16.7 Å². The van der Waals surface area contributed by atoms with Gasteiger partial charge in [0, 0.05) is 24.7 Å². The molecule has 3 rings (SSSR count). The molecule has 8 nitrogen and oxygen atoms in total. The van der Waals surface area contributed by atoms with E-state index in [1.54, 1.807) is 19.1 Å². The zero-order valence-electron chi connectivity index (χ0n) is 11.4. The van der Waals surface area contributed by atoms with E-state index in [2.05, 4.69) is 15.5 Å². The van der Waals surface area contributed by atoms with Crippen molar-refractivity contribution in [1.82, 2.24) is 15.5 Å². The fraction of sp³-hybridized carbons (Fsp3) is 0.308. The summed E-state index contributed by atoms with van der Waals surface area (Å²) in [7, 11) is 0. The predicted molar refractivity (Wildman–Crippen MR) is 72.0 cm³/mol. The first-order chi connectivity index (χ1) is 10.1. The van der Waals surface area contributed by atoms with Crippen molar-refractivity contribution in [2.24, 2.45) is 0 Å². The van der Waals surface area contributed by atoms with E-state index >= 15 is 0 Å². The maximum Gasteiger partial charge on any atom is 0.253 e. The Bertz CT molecular complexity index is 683. The van der Waals surface area contributed by atoms with Crippen molar-refractivity contribution in [3.63, 3.8) is 0 Å². The van der Waals surface area contributed by atoms with Gasteiger partial charge in [-0.3, -0.25) is 4.79 Å². The summed E-state index contributed by atoms with van der Waals surface area (Å²) in [5, 5.41) is 6.42. The van der Waals surface area contributed by atoms with E-state index in [1.165, 1.54) is 0 Å². The van der Waals surface area contributed by atoms with Gasteiger partial charge in [-0.05, 0) is 13.0 Å². The van der Waals surface area contributed by atoms with Crippen LogP contribution in [-0.2, 0) is 6.42 Å². The Balaban J connectivity index is 1.63. The Kier molecular flexibility index (Phi) is 3.35. The second kappa shape index (κ2) is 5.31. The number of nitrogens with zero attached hydrogens (tertiary/aromatic N) is 2. The number of nitrogens with one attached hydrogen (secondary N) is 1. The van der Waals surface area contributed by atoms with Crippen molar-refractivity contribution in [2.45, 2.75) is 13.3 Å². The Hall–Kier alpha value is -2.77. The normalized spacial score (nSPS) is 12.4. The topological polar surface area (TPSA) is 113 Å². The molecule has 0 bridgehead atoms. The highest BCUT2D eigenvalue weighted by Crippen LogP contribution is 2.35. The molecule has 0 atom stereocenters. The average Bonchev–Trinajstić information content (AvgIpc) is 3.06. The third kappa shape index (κ3) is 2.73. The number of carbonyl (C=O) groups is 1. The van der Waals surface area contributed by atoms with Crippen molar-refractivity contribution in [2.75, 3.05) is 19.1 Å². The summed E-state index contributed by atoms with van der Waals surface area (Å²) in [6.07, 6.45) is 0.455. The van der Waals surface area contributed by atoms with Gasteiger partial charge in [0.05, 0.1) is 5.56 Å².